The molecule has 1 N–H and O–H groups in total. The second-order valence-corrected chi connectivity index (χ2v) is 16.5. The van der Waals surface area contributed by atoms with Crippen LogP contribution in [0.3, 0.4) is 0 Å². The number of aromatic hydroxyl groups is 1. The molecular formula is C50H68O14S2. The van der Waals surface area contributed by atoms with Crippen molar-refractivity contribution in [1.29, 1.82) is 0 Å². The molecule has 0 saturated carbocycles. The van der Waals surface area contributed by atoms with Gasteiger partial charge in [-0.2, -0.15) is 0 Å². The maximum absolute atomic E-state index is 11.9. The molecule has 4 aromatic rings. The fourth-order valence-corrected chi connectivity index (χ4v) is 7.87. The summed E-state index contributed by atoms with van der Waals surface area (Å²) in [7, 11) is 3.28. The predicted octanol–water partition coefficient (Wildman–Crippen LogP) is 9.01. The van der Waals surface area contributed by atoms with E-state index in [-0.39, 0.29) is 24.9 Å². The molecule has 0 spiro atoms. The molecule has 0 aliphatic carbocycles. The molecule has 0 fully saturated rings. The minimum absolute atomic E-state index is 0.0431. The van der Waals surface area contributed by atoms with Crippen LogP contribution in [0.4, 0.5) is 0 Å². The van der Waals surface area contributed by atoms with Crippen LogP contribution in [0.15, 0.2) is 105 Å². The highest BCUT2D eigenvalue weighted by molar-refractivity contribution is 7.99. The molecule has 4 rings (SSSR count). The van der Waals surface area contributed by atoms with Crippen LogP contribution >= 0.6 is 23.5 Å². The van der Waals surface area contributed by atoms with Crippen molar-refractivity contribution >= 4 is 29.5 Å². The number of phenols is 1. The number of carbonyl (C=O) groups is 1. The Kier molecular flexibility index (Phi) is 29.0. The number of methoxy groups -OCH3 is 2. The highest BCUT2D eigenvalue weighted by Gasteiger charge is 2.21. The van der Waals surface area contributed by atoms with Gasteiger partial charge < -0.3 is 61.9 Å². The van der Waals surface area contributed by atoms with E-state index in [9.17, 15) is 9.90 Å². The molecule has 0 radical (unpaired) electrons. The van der Waals surface area contributed by atoms with E-state index in [0.717, 1.165) is 26.0 Å². The van der Waals surface area contributed by atoms with Gasteiger partial charge in [-0.3, -0.25) is 4.79 Å². The van der Waals surface area contributed by atoms with Crippen molar-refractivity contribution in [1.82, 2.24) is 0 Å². The zero-order valence-corrected chi connectivity index (χ0v) is 40.3. The second-order valence-electron chi connectivity index (χ2n) is 14.3. The molecular weight excluding hydrogens is 889 g/mol. The minimum atomic E-state index is -0.198. The lowest BCUT2D eigenvalue weighted by Gasteiger charge is -2.20. The van der Waals surface area contributed by atoms with Gasteiger partial charge in [0.15, 0.2) is 0 Å². The topological polar surface area (TPSA) is 148 Å². The highest BCUT2D eigenvalue weighted by Crippen LogP contribution is 2.48. The first-order valence-corrected chi connectivity index (χ1v) is 24.1. The maximum atomic E-state index is 11.9. The molecule has 0 amide bonds. The number of unbranched alkanes of at least 4 members (excludes halogenated alkanes) is 2. The summed E-state index contributed by atoms with van der Waals surface area (Å²) in [6, 6.07) is 27.4. The van der Waals surface area contributed by atoms with Gasteiger partial charge in [-0.1, -0.05) is 59.9 Å². The van der Waals surface area contributed by atoms with Crippen LogP contribution in [0, 0.1) is 0 Å². The molecule has 66 heavy (non-hydrogen) atoms. The Bertz CT molecular complexity index is 1870. The van der Waals surface area contributed by atoms with Crippen LogP contribution in [-0.4, -0.2) is 144 Å². The minimum Gasteiger partial charge on any atom is -0.507 e. The third-order valence-electron chi connectivity index (χ3n) is 9.25. The van der Waals surface area contributed by atoms with Gasteiger partial charge in [-0.15, -0.1) is 0 Å². The number of hydrogen-bond donors (Lipinski definition) is 1. The fraction of sp³-hybridized carbons (Fsp3) is 0.500. The van der Waals surface area contributed by atoms with Gasteiger partial charge in [-0.05, 0) is 74.7 Å². The van der Waals surface area contributed by atoms with E-state index in [2.05, 4.69) is 0 Å². The summed E-state index contributed by atoms with van der Waals surface area (Å²) in [5, 5.41) is 11.9. The summed E-state index contributed by atoms with van der Waals surface area (Å²) in [5.41, 5.74) is 1.12. The zero-order valence-electron chi connectivity index (χ0n) is 38.7. The molecule has 0 heterocycles. The van der Waals surface area contributed by atoms with Crippen LogP contribution < -0.4 is 14.2 Å². The fourth-order valence-electron chi connectivity index (χ4n) is 6.01. The quantitative estimate of drug-likeness (QED) is 0.0335. The smallest absolute Gasteiger partial charge is 0.305 e. The lowest BCUT2D eigenvalue weighted by molar-refractivity contribution is -0.143. The van der Waals surface area contributed by atoms with Gasteiger partial charge in [0.1, 0.15) is 36.2 Å². The Hall–Kier alpha value is -4.07. The summed E-state index contributed by atoms with van der Waals surface area (Å²) in [6.45, 7) is 9.45. The predicted molar refractivity (Wildman–Crippen MR) is 255 cm³/mol. The Labute approximate surface area is 399 Å². The van der Waals surface area contributed by atoms with Gasteiger partial charge in [0.2, 0.25) is 0 Å². The zero-order chi connectivity index (χ0) is 46.7. The molecule has 364 valence electrons. The van der Waals surface area contributed by atoms with Gasteiger partial charge in [0, 0.05) is 41.6 Å². The molecule has 16 heteroatoms. The Morgan fingerprint density at radius 2 is 0.894 bits per heavy atom. The first kappa shape index (κ1) is 54.5. The van der Waals surface area contributed by atoms with E-state index in [4.69, 9.17) is 56.8 Å². The summed E-state index contributed by atoms with van der Waals surface area (Å²) < 4.78 is 68.3. The summed E-state index contributed by atoms with van der Waals surface area (Å²) in [4.78, 5) is 15.5. The van der Waals surface area contributed by atoms with Crippen molar-refractivity contribution in [3.8, 4) is 34.1 Å². The standard InChI is InChI=1S/C50H68O14S2/c1-4-61-50(52)18-12-7-13-19-62-45-39-49(66-41-16-10-6-11-17-41)47(64-35-33-60-31-29-58-27-25-56-23-21-54-3)37-43(45)42-36-46(48(38-44(42)51)65-40-14-8-5-9-15-40)63-34-32-59-30-28-57-26-24-55-22-20-53-2/h5-6,8-11,14-17,36-39,51H,4,7,12-13,18-35H2,1-3H3. The number of esters is 1. The molecule has 0 aliphatic heterocycles. The van der Waals surface area contributed by atoms with Crippen molar-refractivity contribution < 1.29 is 66.7 Å². The average Bonchev–Trinajstić information content (AvgIpc) is 3.32. The van der Waals surface area contributed by atoms with Crippen molar-refractivity contribution in [2.45, 2.75) is 52.2 Å². The molecule has 0 aromatic heterocycles. The van der Waals surface area contributed by atoms with Gasteiger partial charge >= 0.3 is 5.97 Å². The Balaban J connectivity index is 1.55. The van der Waals surface area contributed by atoms with Gasteiger partial charge in [0.05, 0.1) is 116 Å². The van der Waals surface area contributed by atoms with Gasteiger partial charge in [0.25, 0.3) is 0 Å². The van der Waals surface area contributed by atoms with Crippen LogP contribution in [0.2, 0.25) is 0 Å². The number of hydrogen-bond acceptors (Lipinski definition) is 16. The van der Waals surface area contributed by atoms with Crippen molar-refractivity contribution in [3.05, 3.63) is 84.9 Å². The van der Waals surface area contributed by atoms with Gasteiger partial charge in [-0.25, -0.2) is 0 Å². The van der Waals surface area contributed by atoms with Crippen molar-refractivity contribution in [3.63, 3.8) is 0 Å². The van der Waals surface area contributed by atoms with E-state index in [1.165, 1.54) is 11.8 Å². The van der Waals surface area contributed by atoms with Crippen LogP contribution in [-0.2, 0) is 47.4 Å². The first-order valence-electron chi connectivity index (χ1n) is 22.5. The second kappa shape index (κ2) is 35.1. The number of phenolic OH excluding ortho intramolecular Hbond substituents is 1. The summed E-state index contributed by atoms with van der Waals surface area (Å²) in [6.07, 6.45) is 2.54. The molecule has 4 aromatic carbocycles. The Morgan fingerprint density at radius 1 is 0.470 bits per heavy atom. The molecule has 0 atom stereocenters. The number of carbonyl (C=O) groups excluding carboxylic acids is 1. The molecule has 0 saturated heterocycles. The number of rotatable bonds is 39. The monoisotopic (exact) mass is 956 g/mol. The molecule has 0 bridgehead atoms. The van der Waals surface area contributed by atoms with Crippen molar-refractivity contribution in [2.75, 3.05) is 133 Å². The molecule has 14 nitrogen and oxygen atoms in total. The lowest BCUT2D eigenvalue weighted by Crippen LogP contribution is -2.14. The van der Waals surface area contributed by atoms with Crippen LogP contribution in [0.1, 0.15) is 32.6 Å². The normalized spacial score (nSPS) is 11.2. The highest BCUT2D eigenvalue weighted by atomic mass is 32.2. The number of ether oxygens (including phenoxy) is 12. The largest absolute Gasteiger partial charge is 0.507 e. The first-order chi connectivity index (χ1) is 32.5. The summed E-state index contributed by atoms with van der Waals surface area (Å²) in [5.74, 6) is 1.56. The van der Waals surface area contributed by atoms with E-state index in [1.54, 1.807) is 39.0 Å². The van der Waals surface area contributed by atoms with E-state index < -0.39 is 0 Å². The number of benzene rings is 4. The lowest BCUT2D eigenvalue weighted by atomic mass is 10.0. The van der Waals surface area contributed by atoms with E-state index >= 15 is 0 Å². The third kappa shape index (κ3) is 22.6. The van der Waals surface area contributed by atoms with Crippen molar-refractivity contribution in [2.24, 2.45) is 0 Å². The van der Waals surface area contributed by atoms with Crippen LogP contribution in [0.5, 0.6) is 23.0 Å². The SMILES string of the molecule is CCOC(=O)CCCCCOc1cc(Sc2ccccc2)c(OCCOCCOCCOCCOC)cc1-c1cc(OCCOCCOCCOCCOC)c(Sc2ccccc2)cc1O. The van der Waals surface area contributed by atoms with E-state index in [1.807, 2.05) is 78.9 Å². The Morgan fingerprint density at radius 3 is 1.36 bits per heavy atom. The van der Waals surface area contributed by atoms with E-state index in [0.29, 0.717) is 153 Å². The maximum Gasteiger partial charge on any atom is 0.305 e. The molecule has 0 aliphatic rings. The average molecular weight is 957 g/mol. The third-order valence-corrected chi connectivity index (χ3v) is 11.3. The summed E-state index contributed by atoms with van der Waals surface area (Å²) >= 11 is 3.04. The van der Waals surface area contributed by atoms with Crippen LogP contribution in [0.25, 0.3) is 11.1 Å². The molecule has 0 unspecified atom stereocenters.